The van der Waals surface area contributed by atoms with E-state index in [1.54, 1.807) is 0 Å². The Kier molecular flexibility index (Phi) is 3.23. The van der Waals surface area contributed by atoms with Crippen LogP contribution in [0.15, 0.2) is 0 Å². The molecule has 1 aliphatic rings. The van der Waals surface area contributed by atoms with Crippen LogP contribution in [-0.4, -0.2) is 43.4 Å². The molecule has 3 heteroatoms. The van der Waals surface area contributed by atoms with E-state index in [0.717, 1.165) is 38.8 Å². The Hall–Kier alpha value is -0.410. The summed E-state index contributed by atoms with van der Waals surface area (Å²) in [7, 11) is 2.10. The highest BCUT2D eigenvalue weighted by atomic mass is 16.1. The zero-order valence-electron chi connectivity index (χ0n) is 7.97. The number of piperidine rings is 1. The molecule has 3 nitrogen and oxygen atoms in total. The van der Waals surface area contributed by atoms with Crippen molar-refractivity contribution < 1.29 is 4.79 Å². The summed E-state index contributed by atoms with van der Waals surface area (Å²) < 4.78 is 0. The molecule has 1 heterocycles. The van der Waals surface area contributed by atoms with Gasteiger partial charge in [-0.1, -0.05) is 6.92 Å². The summed E-state index contributed by atoms with van der Waals surface area (Å²) in [5.74, 6) is 0. The lowest BCUT2D eigenvalue weighted by Gasteiger charge is -2.37. The summed E-state index contributed by atoms with van der Waals surface area (Å²) >= 11 is 0. The Bertz CT molecular complexity index is 151. The lowest BCUT2D eigenvalue weighted by Crippen LogP contribution is -2.53. The quantitative estimate of drug-likeness (QED) is 0.617. The van der Waals surface area contributed by atoms with Crippen molar-refractivity contribution >= 4 is 6.29 Å². The topological polar surface area (TPSA) is 32.3 Å². The zero-order valence-corrected chi connectivity index (χ0v) is 7.97. The van der Waals surface area contributed by atoms with Crippen molar-refractivity contribution in [3.63, 3.8) is 0 Å². The van der Waals surface area contributed by atoms with Crippen molar-refractivity contribution in [2.75, 3.05) is 26.7 Å². The Morgan fingerprint density at radius 2 is 2.08 bits per heavy atom. The van der Waals surface area contributed by atoms with Gasteiger partial charge in [-0.05, 0) is 26.4 Å². The fraction of sp³-hybridized carbons (Fsp3) is 0.889. The Labute approximate surface area is 74.1 Å². The average Bonchev–Trinajstić information content (AvgIpc) is 2.10. The fourth-order valence-electron chi connectivity index (χ4n) is 1.71. The maximum atomic E-state index is 10.9. The molecule has 70 valence electrons. The summed E-state index contributed by atoms with van der Waals surface area (Å²) in [6.07, 6.45) is 2.98. The normalized spacial score (nSPS) is 23.8. The van der Waals surface area contributed by atoms with Crippen molar-refractivity contribution in [3.8, 4) is 0 Å². The molecule has 0 amide bonds. The van der Waals surface area contributed by atoms with Gasteiger partial charge >= 0.3 is 0 Å². The number of aldehydes is 1. The van der Waals surface area contributed by atoms with Gasteiger partial charge in [0.1, 0.15) is 6.29 Å². The lowest BCUT2D eigenvalue weighted by molar-refractivity contribution is -0.115. The van der Waals surface area contributed by atoms with Gasteiger partial charge in [-0.15, -0.1) is 0 Å². The van der Waals surface area contributed by atoms with E-state index in [0.29, 0.717) is 0 Å². The van der Waals surface area contributed by atoms with Gasteiger partial charge in [0.2, 0.25) is 0 Å². The Balaban J connectivity index is 2.50. The van der Waals surface area contributed by atoms with Crippen molar-refractivity contribution in [1.29, 1.82) is 0 Å². The minimum Gasteiger partial charge on any atom is -0.306 e. The summed E-state index contributed by atoms with van der Waals surface area (Å²) in [6, 6.07) is 0. The number of hydrogen-bond acceptors (Lipinski definition) is 3. The molecule has 0 aromatic carbocycles. The van der Waals surface area contributed by atoms with Crippen LogP contribution in [0, 0.1) is 0 Å². The molecule has 0 spiro atoms. The minimum absolute atomic E-state index is 0.221. The summed E-state index contributed by atoms with van der Waals surface area (Å²) in [5.41, 5.74) is -0.221. The third-order valence-corrected chi connectivity index (χ3v) is 2.63. The lowest BCUT2D eigenvalue weighted by atomic mass is 9.89. The van der Waals surface area contributed by atoms with Gasteiger partial charge < -0.3 is 15.0 Å². The first-order valence-corrected chi connectivity index (χ1v) is 4.62. The molecule has 1 N–H and O–H groups in total. The van der Waals surface area contributed by atoms with Gasteiger partial charge in [0.25, 0.3) is 0 Å². The molecular formula is C9H18N2O. The highest BCUT2D eigenvalue weighted by molar-refractivity contribution is 5.64. The fourth-order valence-corrected chi connectivity index (χ4v) is 1.71. The molecule has 0 atom stereocenters. The second kappa shape index (κ2) is 4.01. The number of carbonyl (C=O) groups is 1. The van der Waals surface area contributed by atoms with E-state index in [1.807, 2.05) is 6.92 Å². The molecule has 1 saturated heterocycles. The van der Waals surface area contributed by atoms with E-state index >= 15 is 0 Å². The van der Waals surface area contributed by atoms with E-state index in [2.05, 4.69) is 17.3 Å². The van der Waals surface area contributed by atoms with Gasteiger partial charge in [0.15, 0.2) is 0 Å². The minimum atomic E-state index is -0.221. The number of likely N-dealkylation sites (tertiary alicyclic amines) is 1. The number of nitrogens with zero attached hydrogens (tertiary/aromatic N) is 1. The monoisotopic (exact) mass is 170 g/mol. The van der Waals surface area contributed by atoms with E-state index in [4.69, 9.17) is 0 Å². The zero-order chi connectivity index (χ0) is 9.03. The van der Waals surface area contributed by atoms with E-state index in [-0.39, 0.29) is 5.54 Å². The molecule has 0 aliphatic carbocycles. The van der Waals surface area contributed by atoms with Crippen LogP contribution in [0.1, 0.15) is 19.8 Å². The third kappa shape index (κ3) is 2.05. The van der Waals surface area contributed by atoms with Gasteiger partial charge in [-0.2, -0.15) is 0 Å². The van der Waals surface area contributed by atoms with Gasteiger partial charge in [0.05, 0.1) is 5.54 Å². The highest BCUT2D eigenvalue weighted by Crippen LogP contribution is 2.18. The molecule has 0 unspecified atom stereocenters. The molecule has 0 aromatic rings. The second-order valence-electron chi connectivity index (χ2n) is 3.61. The van der Waals surface area contributed by atoms with E-state index in [1.165, 1.54) is 0 Å². The smallest absolute Gasteiger partial charge is 0.140 e. The molecule has 0 saturated carbocycles. The van der Waals surface area contributed by atoms with Crippen LogP contribution < -0.4 is 5.32 Å². The van der Waals surface area contributed by atoms with Gasteiger partial charge in [-0.25, -0.2) is 0 Å². The summed E-state index contributed by atoms with van der Waals surface area (Å²) in [5, 5.41) is 3.27. The molecule has 1 aliphatic heterocycles. The van der Waals surface area contributed by atoms with Crippen LogP contribution in [0.4, 0.5) is 0 Å². The van der Waals surface area contributed by atoms with Crippen molar-refractivity contribution in [2.24, 2.45) is 0 Å². The summed E-state index contributed by atoms with van der Waals surface area (Å²) in [4.78, 5) is 13.2. The van der Waals surface area contributed by atoms with Crippen LogP contribution in [0.25, 0.3) is 0 Å². The van der Waals surface area contributed by atoms with Crippen LogP contribution in [0.2, 0.25) is 0 Å². The Morgan fingerprint density at radius 3 is 2.50 bits per heavy atom. The number of likely N-dealkylation sites (N-methyl/N-ethyl adjacent to an activating group) is 1. The molecule has 0 radical (unpaired) electrons. The number of nitrogens with one attached hydrogen (secondary N) is 1. The van der Waals surface area contributed by atoms with Crippen LogP contribution in [0.3, 0.4) is 0 Å². The van der Waals surface area contributed by atoms with Crippen molar-refractivity contribution in [2.45, 2.75) is 25.3 Å². The predicted octanol–water partition coefficient (Wildman–Crippen LogP) is 0.259. The largest absolute Gasteiger partial charge is 0.306 e. The number of rotatable bonds is 3. The summed E-state index contributed by atoms with van der Waals surface area (Å²) in [6.45, 7) is 4.96. The Morgan fingerprint density at radius 1 is 1.50 bits per heavy atom. The predicted molar refractivity (Wildman–Crippen MR) is 49.2 cm³/mol. The molecule has 1 fully saturated rings. The van der Waals surface area contributed by atoms with Gasteiger partial charge in [-0.3, -0.25) is 0 Å². The standard InChI is InChI=1S/C9H18N2O/c1-3-10-9(8-12)4-6-11(2)7-5-9/h8,10H,3-7H2,1-2H3. The van der Waals surface area contributed by atoms with E-state index in [9.17, 15) is 4.79 Å². The third-order valence-electron chi connectivity index (χ3n) is 2.63. The maximum absolute atomic E-state index is 10.9. The maximum Gasteiger partial charge on any atom is 0.140 e. The highest BCUT2D eigenvalue weighted by Gasteiger charge is 2.31. The first-order valence-electron chi connectivity index (χ1n) is 4.62. The molecular weight excluding hydrogens is 152 g/mol. The molecule has 0 aromatic heterocycles. The average molecular weight is 170 g/mol. The first-order chi connectivity index (χ1) is 5.72. The SMILES string of the molecule is CCNC1(C=O)CCN(C)CC1. The van der Waals surface area contributed by atoms with Crippen LogP contribution >= 0.6 is 0 Å². The number of carbonyl (C=O) groups excluding carboxylic acids is 1. The van der Waals surface area contributed by atoms with Gasteiger partial charge in [0, 0.05) is 13.1 Å². The van der Waals surface area contributed by atoms with E-state index < -0.39 is 0 Å². The van der Waals surface area contributed by atoms with Crippen LogP contribution in [0.5, 0.6) is 0 Å². The van der Waals surface area contributed by atoms with Crippen molar-refractivity contribution in [3.05, 3.63) is 0 Å². The number of hydrogen-bond donors (Lipinski definition) is 1. The molecule has 12 heavy (non-hydrogen) atoms. The molecule has 1 rings (SSSR count). The van der Waals surface area contributed by atoms with Crippen molar-refractivity contribution in [1.82, 2.24) is 10.2 Å². The van der Waals surface area contributed by atoms with Crippen LogP contribution in [-0.2, 0) is 4.79 Å². The molecule has 0 bridgehead atoms. The second-order valence-corrected chi connectivity index (χ2v) is 3.61. The first kappa shape index (κ1) is 9.68.